The minimum atomic E-state index is -0.214. The van der Waals surface area contributed by atoms with Crippen molar-refractivity contribution in [1.82, 2.24) is 5.43 Å². The van der Waals surface area contributed by atoms with Gasteiger partial charge in [-0.05, 0) is 29.5 Å². The van der Waals surface area contributed by atoms with Crippen LogP contribution in [0.3, 0.4) is 0 Å². The molecule has 0 bridgehead atoms. The Morgan fingerprint density at radius 3 is 2.24 bits per heavy atom. The number of aryl methyl sites for hydroxylation is 1. The second-order valence-corrected chi connectivity index (χ2v) is 5.19. The van der Waals surface area contributed by atoms with E-state index in [2.05, 4.69) is 5.43 Å². The molecule has 1 unspecified atom stereocenters. The standard InChI is InChI=1S/C18H17FN2/c1-12-6-8-13(9-7-12)18(21-20)16-10-11-17(19)15-5-3-2-4-14(15)16/h2-11,18,21H,20H2,1H3. The fraction of sp³-hybridized carbons (Fsp3) is 0.111. The van der Waals surface area contributed by atoms with E-state index in [0.717, 1.165) is 16.5 Å². The predicted molar refractivity (Wildman–Crippen MR) is 84.3 cm³/mol. The normalized spacial score (nSPS) is 12.5. The lowest BCUT2D eigenvalue weighted by atomic mass is 9.93. The van der Waals surface area contributed by atoms with E-state index in [0.29, 0.717) is 5.39 Å². The lowest BCUT2D eigenvalue weighted by Gasteiger charge is -2.19. The number of fused-ring (bicyclic) bond motifs is 1. The zero-order chi connectivity index (χ0) is 14.8. The van der Waals surface area contributed by atoms with E-state index in [1.807, 2.05) is 49.4 Å². The summed E-state index contributed by atoms with van der Waals surface area (Å²) in [5.41, 5.74) is 6.06. The van der Waals surface area contributed by atoms with Gasteiger partial charge in [0.05, 0.1) is 6.04 Å². The molecule has 0 heterocycles. The van der Waals surface area contributed by atoms with Crippen LogP contribution in [0, 0.1) is 12.7 Å². The molecule has 3 heteroatoms. The summed E-state index contributed by atoms with van der Waals surface area (Å²) in [6, 6.07) is 18.8. The Balaban J connectivity index is 2.17. The summed E-state index contributed by atoms with van der Waals surface area (Å²) in [5, 5.41) is 1.49. The molecule has 3 aromatic carbocycles. The van der Waals surface area contributed by atoms with Crippen LogP contribution in [0.1, 0.15) is 22.7 Å². The molecule has 0 aliphatic heterocycles. The van der Waals surface area contributed by atoms with Crippen LogP contribution in [0.15, 0.2) is 60.7 Å². The van der Waals surface area contributed by atoms with Crippen molar-refractivity contribution in [1.29, 1.82) is 0 Å². The van der Waals surface area contributed by atoms with Gasteiger partial charge in [0.15, 0.2) is 0 Å². The molecule has 3 N–H and O–H groups in total. The number of hydrogen-bond donors (Lipinski definition) is 2. The first kappa shape index (κ1) is 13.7. The molecule has 0 aliphatic carbocycles. The number of halogens is 1. The van der Waals surface area contributed by atoms with Crippen LogP contribution < -0.4 is 11.3 Å². The highest BCUT2D eigenvalue weighted by Gasteiger charge is 2.16. The highest BCUT2D eigenvalue weighted by Crippen LogP contribution is 2.30. The summed E-state index contributed by atoms with van der Waals surface area (Å²) in [5.74, 6) is 5.55. The molecule has 2 nitrogen and oxygen atoms in total. The second-order valence-electron chi connectivity index (χ2n) is 5.19. The van der Waals surface area contributed by atoms with Crippen LogP contribution in [0.2, 0.25) is 0 Å². The number of hydrazine groups is 1. The van der Waals surface area contributed by atoms with Crippen molar-refractivity contribution in [2.45, 2.75) is 13.0 Å². The second kappa shape index (κ2) is 5.64. The number of hydrogen-bond acceptors (Lipinski definition) is 2. The molecule has 0 spiro atoms. The topological polar surface area (TPSA) is 38.0 Å². The van der Waals surface area contributed by atoms with Gasteiger partial charge < -0.3 is 0 Å². The van der Waals surface area contributed by atoms with E-state index >= 15 is 0 Å². The van der Waals surface area contributed by atoms with Gasteiger partial charge in [-0.15, -0.1) is 0 Å². The van der Waals surface area contributed by atoms with Gasteiger partial charge in [-0.3, -0.25) is 5.84 Å². The zero-order valence-corrected chi connectivity index (χ0v) is 11.8. The van der Waals surface area contributed by atoms with Gasteiger partial charge in [0, 0.05) is 5.39 Å². The van der Waals surface area contributed by atoms with Crippen molar-refractivity contribution in [3.63, 3.8) is 0 Å². The first-order valence-electron chi connectivity index (χ1n) is 6.90. The van der Waals surface area contributed by atoms with E-state index in [1.54, 1.807) is 12.1 Å². The molecule has 3 aromatic rings. The molecule has 0 radical (unpaired) electrons. The molecular formula is C18H17FN2. The lowest BCUT2D eigenvalue weighted by molar-refractivity contribution is 0.627. The largest absolute Gasteiger partial charge is 0.271 e. The molecule has 0 saturated carbocycles. The quantitative estimate of drug-likeness (QED) is 0.565. The van der Waals surface area contributed by atoms with Crippen molar-refractivity contribution in [2.24, 2.45) is 5.84 Å². The molecule has 3 rings (SSSR count). The third kappa shape index (κ3) is 2.53. The summed E-state index contributed by atoms with van der Waals surface area (Å²) < 4.78 is 13.9. The molecule has 0 amide bonds. The fourth-order valence-corrected chi connectivity index (χ4v) is 2.66. The Kier molecular flexibility index (Phi) is 3.69. The monoisotopic (exact) mass is 280 g/mol. The highest BCUT2D eigenvalue weighted by molar-refractivity contribution is 5.87. The van der Waals surface area contributed by atoms with Crippen molar-refractivity contribution in [3.05, 3.63) is 83.2 Å². The molecule has 106 valence electrons. The van der Waals surface area contributed by atoms with E-state index < -0.39 is 0 Å². The van der Waals surface area contributed by atoms with Crippen LogP contribution in [-0.2, 0) is 0 Å². The van der Waals surface area contributed by atoms with Gasteiger partial charge in [0.1, 0.15) is 5.82 Å². The van der Waals surface area contributed by atoms with E-state index in [4.69, 9.17) is 5.84 Å². The first-order chi connectivity index (χ1) is 10.2. The molecule has 0 saturated heterocycles. The summed E-state index contributed by atoms with van der Waals surface area (Å²) >= 11 is 0. The summed E-state index contributed by atoms with van der Waals surface area (Å²) in [4.78, 5) is 0. The van der Waals surface area contributed by atoms with Gasteiger partial charge in [-0.2, -0.15) is 0 Å². The van der Waals surface area contributed by atoms with Crippen molar-refractivity contribution < 1.29 is 4.39 Å². The van der Waals surface area contributed by atoms with Crippen LogP contribution in [0.5, 0.6) is 0 Å². The minimum absolute atomic E-state index is 0.170. The number of benzene rings is 3. The Hall–Kier alpha value is -2.23. The fourth-order valence-electron chi connectivity index (χ4n) is 2.66. The average molecular weight is 280 g/mol. The van der Waals surface area contributed by atoms with Crippen LogP contribution in [0.4, 0.5) is 4.39 Å². The molecule has 1 atom stereocenters. The zero-order valence-electron chi connectivity index (χ0n) is 11.8. The summed E-state index contributed by atoms with van der Waals surface area (Å²) in [7, 11) is 0. The number of nitrogens with two attached hydrogens (primary N) is 1. The molecule has 0 aromatic heterocycles. The van der Waals surface area contributed by atoms with Gasteiger partial charge in [0.25, 0.3) is 0 Å². The number of nitrogens with one attached hydrogen (secondary N) is 1. The Morgan fingerprint density at radius 1 is 0.905 bits per heavy atom. The van der Waals surface area contributed by atoms with Gasteiger partial charge >= 0.3 is 0 Å². The van der Waals surface area contributed by atoms with Crippen LogP contribution in [-0.4, -0.2) is 0 Å². The maximum Gasteiger partial charge on any atom is 0.131 e. The van der Waals surface area contributed by atoms with Crippen molar-refractivity contribution in [3.8, 4) is 0 Å². The number of rotatable bonds is 3. The van der Waals surface area contributed by atoms with Crippen LogP contribution >= 0.6 is 0 Å². The van der Waals surface area contributed by atoms with Gasteiger partial charge in [-0.1, -0.05) is 60.2 Å². The van der Waals surface area contributed by atoms with Gasteiger partial charge in [0.2, 0.25) is 0 Å². The Labute approximate surface area is 123 Å². The Morgan fingerprint density at radius 2 is 1.57 bits per heavy atom. The maximum atomic E-state index is 13.9. The smallest absolute Gasteiger partial charge is 0.131 e. The molecule has 21 heavy (non-hydrogen) atoms. The summed E-state index contributed by atoms with van der Waals surface area (Å²) in [6.07, 6.45) is 0. The summed E-state index contributed by atoms with van der Waals surface area (Å²) in [6.45, 7) is 2.04. The van der Waals surface area contributed by atoms with E-state index in [-0.39, 0.29) is 11.9 Å². The average Bonchev–Trinajstić information content (AvgIpc) is 2.52. The molecule has 0 aliphatic rings. The van der Waals surface area contributed by atoms with Crippen molar-refractivity contribution in [2.75, 3.05) is 0 Å². The third-order valence-electron chi connectivity index (χ3n) is 3.79. The highest BCUT2D eigenvalue weighted by atomic mass is 19.1. The SMILES string of the molecule is Cc1ccc(C(NN)c2ccc(F)c3ccccc23)cc1. The van der Waals surface area contributed by atoms with Crippen molar-refractivity contribution >= 4 is 10.8 Å². The minimum Gasteiger partial charge on any atom is -0.271 e. The first-order valence-corrected chi connectivity index (χ1v) is 6.90. The van der Waals surface area contributed by atoms with Crippen LogP contribution in [0.25, 0.3) is 10.8 Å². The molecular weight excluding hydrogens is 263 g/mol. The predicted octanol–water partition coefficient (Wildman–Crippen LogP) is 3.84. The lowest BCUT2D eigenvalue weighted by Crippen LogP contribution is -2.29. The third-order valence-corrected chi connectivity index (χ3v) is 3.79. The van der Waals surface area contributed by atoms with E-state index in [1.165, 1.54) is 11.6 Å². The van der Waals surface area contributed by atoms with Gasteiger partial charge in [-0.25, -0.2) is 9.82 Å². The van der Waals surface area contributed by atoms with E-state index in [9.17, 15) is 4.39 Å². The molecule has 0 fully saturated rings. The Bertz CT molecular complexity index is 766. The maximum absolute atomic E-state index is 13.9.